The zero-order valence-electron chi connectivity index (χ0n) is 11.9. The highest BCUT2D eigenvalue weighted by molar-refractivity contribution is 7.13. The molecule has 2 aromatic heterocycles. The van der Waals surface area contributed by atoms with Crippen LogP contribution >= 0.6 is 11.3 Å². The van der Waals surface area contributed by atoms with Gasteiger partial charge in [-0.3, -0.25) is 9.56 Å². The third-order valence-corrected chi connectivity index (χ3v) is 4.17. The van der Waals surface area contributed by atoms with Crippen LogP contribution in [0.15, 0.2) is 34.2 Å². The Morgan fingerprint density at radius 3 is 3.19 bits per heavy atom. The number of aromatic nitrogens is 3. The second-order valence-corrected chi connectivity index (χ2v) is 5.42. The van der Waals surface area contributed by atoms with Crippen LogP contribution in [0.3, 0.4) is 0 Å². The van der Waals surface area contributed by atoms with Crippen LogP contribution < -0.4 is 0 Å². The third-order valence-electron chi connectivity index (χ3n) is 3.26. The van der Waals surface area contributed by atoms with E-state index in [2.05, 4.69) is 31.3 Å². The van der Waals surface area contributed by atoms with Crippen LogP contribution in [-0.2, 0) is 4.74 Å². The first-order valence-corrected chi connectivity index (χ1v) is 7.37. The quantitative estimate of drug-likeness (QED) is 0.646. The molecule has 7 heteroatoms. The van der Waals surface area contributed by atoms with Crippen molar-refractivity contribution < 1.29 is 4.74 Å². The van der Waals surface area contributed by atoms with Crippen LogP contribution in [0.1, 0.15) is 29.7 Å². The Labute approximate surface area is 126 Å². The molecule has 1 aliphatic rings. The minimum atomic E-state index is -0.176. The van der Waals surface area contributed by atoms with Gasteiger partial charge in [-0.05, 0) is 18.4 Å². The van der Waals surface area contributed by atoms with E-state index in [1.54, 1.807) is 18.4 Å². The molecule has 1 unspecified atom stereocenters. The third kappa shape index (κ3) is 2.40. The molecule has 0 amide bonds. The molecule has 21 heavy (non-hydrogen) atoms. The lowest BCUT2D eigenvalue weighted by Crippen LogP contribution is -2.11. The maximum atomic E-state index is 5.26. The number of ether oxygens (including phenoxy) is 1. The minimum absolute atomic E-state index is 0.176. The number of hydrogen-bond donors (Lipinski definition) is 0. The molecule has 3 heterocycles. The molecule has 1 aliphatic heterocycles. The summed E-state index contributed by atoms with van der Waals surface area (Å²) in [5.74, 6) is 2.23. The zero-order chi connectivity index (χ0) is 14.8. The van der Waals surface area contributed by atoms with E-state index < -0.39 is 0 Å². The molecule has 108 valence electrons. The highest BCUT2D eigenvalue weighted by Crippen LogP contribution is 2.31. The predicted octanol–water partition coefficient (Wildman–Crippen LogP) is 2.69. The van der Waals surface area contributed by atoms with Crippen molar-refractivity contribution in [2.24, 2.45) is 9.98 Å². The number of hydrogen-bond acceptors (Lipinski definition) is 6. The summed E-state index contributed by atoms with van der Waals surface area (Å²) in [7, 11) is 1.59. The smallest absolute Gasteiger partial charge is 0.190 e. The predicted molar refractivity (Wildman–Crippen MR) is 83.6 cm³/mol. The first-order valence-electron chi connectivity index (χ1n) is 6.49. The number of nitrogens with zero attached hydrogens (tertiary/aromatic N) is 5. The highest BCUT2D eigenvalue weighted by atomic mass is 32.1. The van der Waals surface area contributed by atoms with E-state index in [0.717, 1.165) is 22.2 Å². The second-order valence-electron chi connectivity index (χ2n) is 4.53. The van der Waals surface area contributed by atoms with Crippen LogP contribution in [0.25, 0.3) is 5.00 Å². The van der Waals surface area contributed by atoms with E-state index in [0.29, 0.717) is 12.3 Å². The lowest BCUT2D eigenvalue weighted by atomic mass is 10.2. The van der Waals surface area contributed by atoms with Crippen LogP contribution in [0.2, 0.25) is 0 Å². The van der Waals surface area contributed by atoms with Gasteiger partial charge in [-0.15, -0.1) is 21.5 Å². The molecule has 0 fully saturated rings. The summed E-state index contributed by atoms with van der Waals surface area (Å²) in [6, 6.07) is 1.87. The molecule has 1 atom stereocenters. The van der Waals surface area contributed by atoms with Gasteiger partial charge in [0.25, 0.3) is 0 Å². The lowest BCUT2D eigenvalue weighted by Gasteiger charge is -2.12. The van der Waals surface area contributed by atoms with Crippen LogP contribution in [0, 0.1) is 6.92 Å². The van der Waals surface area contributed by atoms with Crippen LogP contribution in [0.5, 0.6) is 0 Å². The molecule has 3 rings (SSSR count). The van der Waals surface area contributed by atoms with Gasteiger partial charge in [0, 0.05) is 18.0 Å². The van der Waals surface area contributed by atoms with Crippen molar-refractivity contribution in [3.63, 3.8) is 0 Å². The summed E-state index contributed by atoms with van der Waals surface area (Å²) in [4.78, 5) is 8.74. The monoisotopic (exact) mass is 301 g/mol. The average molecular weight is 301 g/mol. The van der Waals surface area contributed by atoms with Gasteiger partial charge in [0.15, 0.2) is 11.7 Å². The molecule has 0 N–H and O–H groups in total. The molecule has 6 nitrogen and oxygen atoms in total. The zero-order valence-corrected chi connectivity index (χ0v) is 12.7. The van der Waals surface area contributed by atoms with Crippen LogP contribution in [0.4, 0.5) is 0 Å². The Morgan fingerprint density at radius 1 is 1.57 bits per heavy atom. The fraction of sp³-hybridized carbons (Fsp3) is 0.286. The van der Waals surface area contributed by atoms with Gasteiger partial charge in [0.2, 0.25) is 0 Å². The maximum absolute atomic E-state index is 5.26. The first kappa shape index (κ1) is 13.7. The van der Waals surface area contributed by atoms with Crippen molar-refractivity contribution in [3.8, 4) is 5.00 Å². The van der Waals surface area contributed by atoms with E-state index in [-0.39, 0.29) is 6.04 Å². The molecule has 0 saturated carbocycles. The summed E-state index contributed by atoms with van der Waals surface area (Å²) in [5.41, 5.74) is 1.08. The fourth-order valence-electron chi connectivity index (χ4n) is 2.27. The number of thiophene rings is 1. The van der Waals surface area contributed by atoms with Gasteiger partial charge >= 0.3 is 0 Å². The number of rotatable bonds is 3. The minimum Gasteiger partial charge on any atom is -0.484 e. The van der Waals surface area contributed by atoms with Gasteiger partial charge in [0.05, 0.1) is 13.5 Å². The van der Waals surface area contributed by atoms with Gasteiger partial charge < -0.3 is 4.74 Å². The summed E-state index contributed by atoms with van der Waals surface area (Å²) < 4.78 is 7.32. The van der Waals surface area contributed by atoms with Gasteiger partial charge in [-0.1, -0.05) is 6.58 Å². The molecule has 0 aromatic carbocycles. The van der Waals surface area contributed by atoms with E-state index in [4.69, 9.17) is 4.74 Å². The summed E-state index contributed by atoms with van der Waals surface area (Å²) in [6.45, 7) is 5.54. The summed E-state index contributed by atoms with van der Waals surface area (Å²) >= 11 is 1.65. The number of methoxy groups -OCH3 is 1. The number of aryl methyl sites for hydroxylation is 1. The van der Waals surface area contributed by atoms with Gasteiger partial charge in [-0.25, -0.2) is 4.99 Å². The number of fused-ring (bicyclic) bond motifs is 3. The number of aliphatic imine (C=N–C) groups is 2. The molecule has 2 aromatic rings. The second kappa shape index (κ2) is 5.61. The van der Waals surface area contributed by atoms with Crippen molar-refractivity contribution in [2.45, 2.75) is 19.4 Å². The van der Waals surface area contributed by atoms with Crippen molar-refractivity contribution in [3.05, 3.63) is 41.4 Å². The molecule has 0 bridgehead atoms. The molecule has 0 aliphatic carbocycles. The SMILES string of the molecule is C=CN=C(CC1N=Cc2ccsc2-n2c(C)nnc21)OC. The van der Waals surface area contributed by atoms with E-state index >= 15 is 0 Å². The largest absolute Gasteiger partial charge is 0.484 e. The molecule has 0 radical (unpaired) electrons. The molecule has 0 spiro atoms. The molecule has 0 saturated heterocycles. The Hall–Kier alpha value is -2.28. The van der Waals surface area contributed by atoms with E-state index in [9.17, 15) is 0 Å². The Morgan fingerprint density at radius 2 is 2.43 bits per heavy atom. The molecular weight excluding hydrogens is 286 g/mol. The normalized spacial score (nSPS) is 17.0. The Balaban J connectivity index is 2.05. The fourth-order valence-corrected chi connectivity index (χ4v) is 3.20. The van der Waals surface area contributed by atoms with Crippen molar-refractivity contribution in [2.75, 3.05) is 7.11 Å². The van der Waals surface area contributed by atoms with Crippen molar-refractivity contribution >= 4 is 23.4 Å². The average Bonchev–Trinajstić information content (AvgIpc) is 3.05. The summed E-state index contributed by atoms with van der Waals surface area (Å²) in [5, 5.41) is 11.6. The van der Waals surface area contributed by atoms with Crippen LogP contribution in [-0.4, -0.2) is 34.0 Å². The van der Waals surface area contributed by atoms with Crippen molar-refractivity contribution in [1.29, 1.82) is 0 Å². The molecular formula is C14H15N5OS. The Bertz CT molecular complexity index is 728. The lowest BCUT2D eigenvalue weighted by molar-refractivity contribution is 0.383. The first-order chi connectivity index (χ1) is 10.2. The van der Waals surface area contributed by atoms with E-state index in [1.165, 1.54) is 6.20 Å². The van der Waals surface area contributed by atoms with Crippen molar-refractivity contribution in [1.82, 2.24) is 14.8 Å². The van der Waals surface area contributed by atoms with E-state index in [1.807, 2.05) is 24.6 Å². The topological polar surface area (TPSA) is 64.7 Å². The standard InChI is InChI=1S/C14H15N5OS/c1-4-15-12(20-3)7-11-13-18-17-9(2)19(13)14-10(8-16-11)5-6-21-14/h4-6,8,11H,1,7H2,2-3H3. The van der Waals surface area contributed by atoms with Gasteiger partial charge in [-0.2, -0.15) is 0 Å². The highest BCUT2D eigenvalue weighted by Gasteiger charge is 2.26. The summed E-state index contributed by atoms with van der Waals surface area (Å²) in [6.07, 6.45) is 3.87. The maximum Gasteiger partial charge on any atom is 0.190 e. The van der Waals surface area contributed by atoms with Gasteiger partial charge in [0.1, 0.15) is 16.9 Å². The Kier molecular flexibility index (Phi) is 3.66.